The Kier molecular flexibility index (Phi) is 6.20. The number of nitrogens with two attached hydrogens (primary N) is 1. The molecular weight excluding hydrogens is 322 g/mol. The topological polar surface area (TPSA) is 77.2 Å². The second-order valence-electron chi connectivity index (χ2n) is 6.00. The van der Waals surface area contributed by atoms with Crippen LogP contribution in [0, 0.1) is 5.41 Å². The van der Waals surface area contributed by atoms with Crippen molar-refractivity contribution in [1.82, 2.24) is 4.98 Å². The second-order valence-corrected chi connectivity index (χ2v) is 7.08. The summed E-state index contributed by atoms with van der Waals surface area (Å²) in [5.41, 5.74) is 6.57. The van der Waals surface area contributed by atoms with E-state index in [1.807, 2.05) is 0 Å². The molecule has 2 aliphatic rings. The number of rotatable bonds is 3. The molecule has 0 spiro atoms. The zero-order valence-corrected chi connectivity index (χ0v) is 14.4. The fourth-order valence-electron chi connectivity index (χ4n) is 3.10. The molecule has 3 N–H and O–H groups in total. The van der Waals surface area contributed by atoms with Crippen molar-refractivity contribution >= 4 is 34.8 Å². The lowest BCUT2D eigenvalue weighted by atomic mass is 9.79. The van der Waals surface area contributed by atoms with E-state index < -0.39 is 5.41 Å². The number of hydrogen-bond donors (Lipinski definition) is 2. The number of carbonyl (C=O) groups is 1. The molecule has 7 heteroatoms. The Morgan fingerprint density at radius 3 is 2.73 bits per heavy atom. The van der Waals surface area contributed by atoms with Gasteiger partial charge in [-0.3, -0.25) is 4.79 Å². The number of ether oxygens (including phenoxy) is 1. The van der Waals surface area contributed by atoms with E-state index >= 15 is 0 Å². The molecular formula is C15H24ClN3O2S. The molecule has 0 radical (unpaired) electrons. The van der Waals surface area contributed by atoms with E-state index in [-0.39, 0.29) is 18.3 Å². The highest BCUT2D eigenvalue weighted by Gasteiger charge is 2.39. The van der Waals surface area contributed by atoms with E-state index in [1.165, 1.54) is 29.8 Å². The van der Waals surface area contributed by atoms with Crippen LogP contribution in [-0.2, 0) is 22.4 Å². The Hall–Kier alpha value is -0.690. The molecule has 124 valence electrons. The molecule has 1 fully saturated rings. The van der Waals surface area contributed by atoms with E-state index in [2.05, 4.69) is 10.3 Å². The van der Waals surface area contributed by atoms with E-state index in [0.29, 0.717) is 32.6 Å². The Morgan fingerprint density at radius 2 is 2.00 bits per heavy atom. The quantitative estimate of drug-likeness (QED) is 0.825. The number of aromatic nitrogens is 1. The predicted molar refractivity (Wildman–Crippen MR) is 90.8 cm³/mol. The number of carbonyl (C=O) groups excluding carboxylic acids is 1. The van der Waals surface area contributed by atoms with Crippen molar-refractivity contribution in [3.05, 3.63) is 10.6 Å². The van der Waals surface area contributed by atoms with E-state index in [4.69, 9.17) is 10.5 Å². The summed E-state index contributed by atoms with van der Waals surface area (Å²) in [6, 6.07) is 0. The maximum Gasteiger partial charge on any atom is 0.233 e. The molecule has 1 saturated heterocycles. The highest BCUT2D eigenvalue weighted by atomic mass is 35.5. The summed E-state index contributed by atoms with van der Waals surface area (Å²) in [5.74, 6) is 0.0113. The maximum absolute atomic E-state index is 12.6. The van der Waals surface area contributed by atoms with Crippen molar-refractivity contribution in [3.8, 4) is 0 Å². The first-order chi connectivity index (χ1) is 10.2. The molecule has 1 aliphatic heterocycles. The number of fused-ring (bicyclic) bond motifs is 1. The molecule has 22 heavy (non-hydrogen) atoms. The van der Waals surface area contributed by atoms with Gasteiger partial charge in [-0.2, -0.15) is 0 Å². The highest BCUT2D eigenvalue weighted by Crippen LogP contribution is 2.33. The molecule has 3 rings (SSSR count). The number of amides is 1. The Morgan fingerprint density at radius 1 is 1.27 bits per heavy atom. The average Bonchev–Trinajstić information content (AvgIpc) is 2.76. The standard InChI is InChI=1S/C15H23N3O2S.ClH/c16-10-15(6-8-20-9-7-15)13(19)18-14-17-11-4-2-1-3-5-12(11)21-14;/h1-10,16H2,(H,17,18,19);1H. The zero-order valence-electron chi connectivity index (χ0n) is 12.7. The lowest BCUT2D eigenvalue weighted by Crippen LogP contribution is -2.46. The SMILES string of the molecule is Cl.NCC1(C(=O)Nc2nc3c(s2)CCCCC3)CCOCC1. The lowest BCUT2D eigenvalue weighted by molar-refractivity contribution is -0.130. The van der Waals surface area contributed by atoms with Gasteiger partial charge in [-0.25, -0.2) is 4.98 Å². The third-order valence-corrected chi connectivity index (χ3v) is 5.71. The largest absolute Gasteiger partial charge is 0.381 e. The predicted octanol–water partition coefficient (Wildman–Crippen LogP) is 2.53. The van der Waals surface area contributed by atoms with Gasteiger partial charge in [0.05, 0.1) is 11.1 Å². The second kappa shape index (κ2) is 7.73. The maximum atomic E-state index is 12.6. The van der Waals surface area contributed by atoms with Gasteiger partial charge in [-0.05, 0) is 38.5 Å². The third-order valence-electron chi connectivity index (χ3n) is 4.64. The molecule has 1 aromatic heterocycles. The number of thiazole rings is 1. The van der Waals surface area contributed by atoms with Gasteiger partial charge in [0, 0.05) is 24.6 Å². The Bertz CT molecular complexity index is 491. The van der Waals surface area contributed by atoms with Gasteiger partial charge in [-0.15, -0.1) is 23.7 Å². The van der Waals surface area contributed by atoms with E-state index in [1.54, 1.807) is 11.3 Å². The van der Waals surface area contributed by atoms with Crippen LogP contribution in [0.1, 0.15) is 42.7 Å². The van der Waals surface area contributed by atoms with Crippen molar-refractivity contribution in [2.45, 2.75) is 44.9 Å². The molecule has 0 atom stereocenters. The summed E-state index contributed by atoms with van der Waals surface area (Å²) in [6.07, 6.45) is 7.24. The first-order valence-corrected chi connectivity index (χ1v) is 8.63. The Balaban J connectivity index is 0.00000176. The number of nitrogens with zero attached hydrogens (tertiary/aromatic N) is 1. The van der Waals surface area contributed by atoms with Crippen LogP contribution in [0.3, 0.4) is 0 Å². The van der Waals surface area contributed by atoms with Gasteiger partial charge in [-0.1, -0.05) is 6.42 Å². The van der Waals surface area contributed by atoms with Crippen molar-refractivity contribution in [2.24, 2.45) is 11.1 Å². The van der Waals surface area contributed by atoms with Crippen LogP contribution in [0.15, 0.2) is 0 Å². The minimum Gasteiger partial charge on any atom is -0.381 e. The highest BCUT2D eigenvalue weighted by molar-refractivity contribution is 7.15. The number of aryl methyl sites for hydroxylation is 2. The van der Waals surface area contributed by atoms with Gasteiger partial charge in [0.1, 0.15) is 0 Å². The van der Waals surface area contributed by atoms with Crippen LogP contribution < -0.4 is 11.1 Å². The molecule has 0 bridgehead atoms. The number of halogens is 1. The molecule has 1 aliphatic carbocycles. The van der Waals surface area contributed by atoms with Gasteiger partial charge in [0.15, 0.2) is 5.13 Å². The van der Waals surface area contributed by atoms with Crippen LogP contribution >= 0.6 is 23.7 Å². The van der Waals surface area contributed by atoms with Crippen LogP contribution in [-0.4, -0.2) is 30.6 Å². The van der Waals surface area contributed by atoms with Crippen LogP contribution in [0.2, 0.25) is 0 Å². The zero-order chi connectivity index (χ0) is 14.7. The average molecular weight is 346 g/mol. The molecule has 0 unspecified atom stereocenters. The first kappa shape index (κ1) is 17.7. The van der Waals surface area contributed by atoms with E-state index in [0.717, 1.165) is 18.0 Å². The molecule has 2 heterocycles. The molecule has 5 nitrogen and oxygen atoms in total. The minimum absolute atomic E-state index is 0. The molecule has 1 aromatic rings. The molecule has 0 saturated carbocycles. The monoisotopic (exact) mass is 345 g/mol. The molecule has 0 aromatic carbocycles. The van der Waals surface area contributed by atoms with Crippen LogP contribution in [0.4, 0.5) is 5.13 Å². The van der Waals surface area contributed by atoms with Gasteiger partial charge in [0.25, 0.3) is 0 Å². The Labute approximate surface area is 141 Å². The number of nitrogens with one attached hydrogen (secondary N) is 1. The lowest BCUT2D eigenvalue weighted by Gasteiger charge is -2.34. The fourth-order valence-corrected chi connectivity index (χ4v) is 4.14. The molecule has 1 amide bonds. The minimum atomic E-state index is -0.485. The van der Waals surface area contributed by atoms with Gasteiger partial charge >= 0.3 is 0 Å². The summed E-state index contributed by atoms with van der Waals surface area (Å²) >= 11 is 1.64. The first-order valence-electron chi connectivity index (χ1n) is 7.81. The third kappa shape index (κ3) is 3.62. The van der Waals surface area contributed by atoms with E-state index in [9.17, 15) is 4.79 Å². The van der Waals surface area contributed by atoms with Crippen molar-refractivity contribution in [1.29, 1.82) is 0 Å². The van der Waals surface area contributed by atoms with Gasteiger partial charge in [0.2, 0.25) is 5.91 Å². The van der Waals surface area contributed by atoms with Gasteiger partial charge < -0.3 is 15.8 Å². The summed E-state index contributed by atoms with van der Waals surface area (Å²) in [5, 5.41) is 3.76. The summed E-state index contributed by atoms with van der Waals surface area (Å²) in [6.45, 7) is 1.59. The number of anilines is 1. The number of hydrogen-bond acceptors (Lipinski definition) is 5. The van der Waals surface area contributed by atoms with Crippen molar-refractivity contribution < 1.29 is 9.53 Å². The van der Waals surface area contributed by atoms with Crippen molar-refractivity contribution in [3.63, 3.8) is 0 Å². The summed E-state index contributed by atoms with van der Waals surface area (Å²) < 4.78 is 5.36. The normalized spacial score (nSPS) is 20.4. The van der Waals surface area contributed by atoms with Crippen LogP contribution in [0.5, 0.6) is 0 Å². The summed E-state index contributed by atoms with van der Waals surface area (Å²) in [4.78, 5) is 18.6. The van der Waals surface area contributed by atoms with Crippen LogP contribution in [0.25, 0.3) is 0 Å². The summed E-state index contributed by atoms with van der Waals surface area (Å²) in [7, 11) is 0. The van der Waals surface area contributed by atoms with Crippen molar-refractivity contribution in [2.75, 3.05) is 25.1 Å². The fraction of sp³-hybridized carbons (Fsp3) is 0.733. The smallest absolute Gasteiger partial charge is 0.233 e.